The predicted molar refractivity (Wildman–Crippen MR) is 104 cm³/mol. The van der Waals surface area contributed by atoms with E-state index in [1.54, 1.807) is 14.2 Å². The first-order chi connectivity index (χ1) is 13.1. The Morgan fingerprint density at radius 2 is 1.96 bits per heavy atom. The lowest BCUT2D eigenvalue weighted by Gasteiger charge is -2.28. The number of methoxy groups -OCH3 is 2. The highest BCUT2D eigenvalue weighted by Gasteiger charge is 2.24. The Balaban J connectivity index is 1.59. The lowest BCUT2D eigenvalue weighted by molar-refractivity contribution is 0.207. The quantitative estimate of drug-likeness (QED) is 0.817. The van der Waals surface area contributed by atoms with Gasteiger partial charge in [-0.15, -0.1) is 0 Å². The molecule has 0 aliphatic carbocycles. The van der Waals surface area contributed by atoms with Crippen LogP contribution >= 0.6 is 0 Å². The molecule has 1 aliphatic rings. The molecule has 27 heavy (non-hydrogen) atoms. The topological polar surface area (TPSA) is 68.8 Å². The summed E-state index contributed by atoms with van der Waals surface area (Å²) < 4.78 is 16.3. The molecule has 6 heteroatoms. The first kappa shape index (κ1) is 18.9. The van der Waals surface area contributed by atoms with Gasteiger partial charge < -0.3 is 24.8 Å². The van der Waals surface area contributed by atoms with Crippen LogP contribution in [-0.2, 0) is 6.42 Å². The number of urea groups is 1. The van der Waals surface area contributed by atoms with Crippen molar-refractivity contribution in [1.29, 1.82) is 0 Å². The number of para-hydroxylation sites is 1. The number of fused-ring (bicyclic) bond motifs is 1. The standard InChI is InChI=1S/C21H26N2O4/c1-4-18(14-8-10-17(25-2)11-9-14)23-21(24)22-16-12-15-6-5-7-19(26-3)20(15)27-13-16/h5-11,16,18H,4,12-13H2,1-3H3,(H2,22,23,24). The van der Waals surface area contributed by atoms with Crippen LogP contribution in [0.15, 0.2) is 42.5 Å². The Kier molecular flexibility index (Phi) is 6.06. The number of benzene rings is 2. The number of hydrogen-bond donors (Lipinski definition) is 2. The van der Waals surface area contributed by atoms with Crippen LogP contribution in [-0.4, -0.2) is 32.9 Å². The van der Waals surface area contributed by atoms with Gasteiger partial charge in [-0.1, -0.05) is 31.2 Å². The highest BCUT2D eigenvalue weighted by atomic mass is 16.5. The summed E-state index contributed by atoms with van der Waals surface area (Å²) >= 11 is 0. The number of carbonyl (C=O) groups is 1. The van der Waals surface area contributed by atoms with Gasteiger partial charge in [0.15, 0.2) is 11.5 Å². The molecule has 2 unspecified atom stereocenters. The van der Waals surface area contributed by atoms with Crippen LogP contribution in [0.2, 0.25) is 0 Å². The van der Waals surface area contributed by atoms with Crippen molar-refractivity contribution in [2.45, 2.75) is 31.8 Å². The van der Waals surface area contributed by atoms with Crippen LogP contribution in [0, 0.1) is 0 Å². The Labute approximate surface area is 159 Å². The maximum absolute atomic E-state index is 12.5. The molecule has 0 saturated heterocycles. The van der Waals surface area contributed by atoms with E-state index in [1.807, 2.05) is 49.4 Å². The van der Waals surface area contributed by atoms with E-state index in [1.165, 1.54) is 0 Å². The third-order valence-corrected chi connectivity index (χ3v) is 4.74. The van der Waals surface area contributed by atoms with Crippen molar-refractivity contribution >= 4 is 6.03 Å². The summed E-state index contributed by atoms with van der Waals surface area (Å²) in [5.41, 5.74) is 2.08. The van der Waals surface area contributed by atoms with Crippen LogP contribution in [0.1, 0.15) is 30.5 Å². The van der Waals surface area contributed by atoms with Crippen LogP contribution < -0.4 is 24.8 Å². The Bertz CT molecular complexity index is 776. The molecular weight excluding hydrogens is 344 g/mol. The fourth-order valence-corrected chi connectivity index (χ4v) is 3.29. The average molecular weight is 370 g/mol. The predicted octanol–water partition coefficient (Wildman–Crippen LogP) is 3.46. The zero-order chi connectivity index (χ0) is 19.2. The third kappa shape index (κ3) is 4.45. The van der Waals surface area contributed by atoms with Crippen molar-refractivity contribution in [1.82, 2.24) is 10.6 Å². The largest absolute Gasteiger partial charge is 0.497 e. The number of rotatable bonds is 6. The van der Waals surface area contributed by atoms with E-state index >= 15 is 0 Å². The van der Waals surface area contributed by atoms with Crippen molar-refractivity contribution in [2.24, 2.45) is 0 Å². The third-order valence-electron chi connectivity index (χ3n) is 4.74. The molecule has 1 aliphatic heterocycles. The molecule has 0 radical (unpaired) electrons. The van der Waals surface area contributed by atoms with Gasteiger partial charge >= 0.3 is 6.03 Å². The van der Waals surface area contributed by atoms with Gasteiger partial charge in [-0.05, 0) is 36.6 Å². The van der Waals surface area contributed by atoms with Crippen LogP contribution in [0.25, 0.3) is 0 Å². The van der Waals surface area contributed by atoms with E-state index in [0.717, 1.165) is 34.8 Å². The molecule has 6 nitrogen and oxygen atoms in total. The zero-order valence-corrected chi connectivity index (χ0v) is 16.0. The average Bonchev–Trinajstić information content (AvgIpc) is 2.71. The normalized spacial score (nSPS) is 16.5. The second kappa shape index (κ2) is 8.66. The molecule has 144 valence electrons. The van der Waals surface area contributed by atoms with E-state index in [0.29, 0.717) is 13.0 Å². The molecule has 1 heterocycles. The summed E-state index contributed by atoms with van der Waals surface area (Å²) in [5.74, 6) is 2.29. The molecule has 0 spiro atoms. The van der Waals surface area contributed by atoms with E-state index in [4.69, 9.17) is 14.2 Å². The molecule has 3 rings (SSSR count). The molecule has 2 N–H and O–H groups in total. The molecule has 0 aromatic heterocycles. The highest BCUT2D eigenvalue weighted by molar-refractivity contribution is 5.75. The second-order valence-corrected chi connectivity index (χ2v) is 6.51. The maximum atomic E-state index is 12.5. The maximum Gasteiger partial charge on any atom is 0.315 e. The van der Waals surface area contributed by atoms with Crippen LogP contribution in [0.3, 0.4) is 0 Å². The van der Waals surface area contributed by atoms with Gasteiger partial charge in [0.1, 0.15) is 12.4 Å². The summed E-state index contributed by atoms with van der Waals surface area (Å²) in [7, 11) is 3.26. The molecule has 0 bridgehead atoms. The molecule has 0 fully saturated rings. The SMILES string of the molecule is CCC(NC(=O)NC1COc2c(cccc2OC)C1)c1ccc(OC)cc1. The molecule has 2 aromatic rings. The number of carbonyl (C=O) groups excluding carboxylic acids is 1. The minimum Gasteiger partial charge on any atom is -0.497 e. The van der Waals surface area contributed by atoms with Crippen molar-refractivity contribution < 1.29 is 19.0 Å². The van der Waals surface area contributed by atoms with Crippen LogP contribution in [0.4, 0.5) is 4.79 Å². The minimum absolute atomic E-state index is 0.0622. The summed E-state index contributed by atoms with van der Waals surface area (Å²) in [4.78, 5) is 12.5. The number of amides is 2. The van der Waals surface area contributed by atoms with E-state index < -0.39 is 0 Å². The lowest BCUT2D eigenvalue weighted by atomic mass is 10.0. The lowest BCUT2D eigenvalue weighted by Crippen LogP contribution is -2.48. The number of nitrogens with one attached hydrogen (secondary N) is 2. The van der Waals surface area contributed by atoms with Crippen molar-refractivity contribution in [2.75, 3.05) is 20.8 Å². The van der Waals surface area contributed by atoms with Gasteiger partial charge in [-0.25, -0.2) is 4.79 Å². The fraction of sp³-hybridized carbons (Fsp3) is 0.381. The Hall–Kier alpha value is -2.89. The Morgan fingerprint density at radius 3 is 2.63 bits per heavy atom. The van der Waals surface area contributed by atoms with Crippen molar-refractivity contribution in [3.8, 4) is 17.2 Å². The van der Waals surface area contributed by atoms with Gasteiger partial charge in [-0.3, -0.25) is 0 Å². The summed E-state index contributed by atoms with van der Waals surface area (Å²) in [5, 5.41) is 6.06. The summed E-state index contributed by atoms with van der Waals surface area (Å²) in [6.45, 7) is 2.46. The van der Waals surface area contributed by atoms with Gasteiger partial charge in [0.25, 0.3) is 0 Å². The first-order valence-electron chi connectivity index (χ1n) is 9.14. The van der Waals surface area contributed by atoms with Gasteiger partial charge in [0, 0.05) is 5.56 Å². The van der Waals surface area contributed by atoms with Gasteiger partial charge in [0.05, 0.1) is 26.3 Å². The van der Waals surface area contributed by atoms with Crippen LogP contribution in [0.5, 0.6) is 17.2 Å². The molecule has 2 atom stereocenters. The monoisotopic (exact) mass is 370 g/mol. The molecule has 2 aromatic carbocycles. The molecular formula is C21H26N2O4. The highest BCUT2D eigenvalue weighted by Crippen LogP contribution is 2.34. The van der Waals surface area contributed by atoms with Gasteiger partial charge in [-0.2, -0.15) is 0 Å². The second-order valence-electron chi connectivity index (χ2n) is 6.51. The Morgan fingerprint density at radius 1 is 1.19 bits per heavy atom. The van der Waals surface area contributed by atoms with E-state index in [2.05, 4.69) is 10.6 Å². The van der Waals surface area contributed by atoms with E-state index in [-0.39, 0.29) is 18.1 Å². The zero-order valence-electron chi connectivity index (χ0n) is 16.0. The van der Waals surface area contributed by atoms with Crippen molar-refractivity contribution in [3.05, 3.63) is 53.6 Å². The van der Waals surface area contributed by atoms with E-state index in [9.17, 15) is 4.79 Å². The van der Waals surface area contributed by atoms with Gasteiger partial charge in [0.2, 0.25) is 0 Å². The summed E-state index contributed by atoms with van der Waals surface area (Å²) in [6, 6.07) is 13.2. The fourth-order valence-electron chi connectivity index (χ4n) is 3.29. The molecule has 0 saturated carbocycles. The smallest absolute Gasteiger partial charge is 0.315 e. The number of ether oxygens (including phenoxy) is 3. The number of hydrogen-bond acceptors (Lipinski definition) is 4. The van der Waals surface area contributed by atoms with Crippen molar-refractivity contribution in [3.63, 3.8) is 0 Å². The molecule has 2 amide bonds. The summed E-state index contributed by atoms with van der Waals surface area (Å²) in [6.07, 6.45) is 1.50. The first-order valence-corrected chi connectivity index (χ1v) is 9.14. The minimum atomic E-state index is -0.197.